The maximum atomic E-state index is 12.5. The molecular weight excluding hydrogens is 827 g/mol. The molecule has 396 valence electrons. The van der Waals surface area contributed by atoms with Gasteiger partial charge in [0.05, 0.1) is 25.4 Å². The number of nitrogens with one attached hydrogen (secondary N) is 1. The van der Waals surface area contributed by atoms with Crippen LogP contribution in [0.1, 0.15) is 328 Å². The molecule has 2 unspecified atom stereocenters. The molecule has 0 saturated carbocycles. The summed E-state index contributed by atoms with van der Waals surface area (Å²) in [5.41, 5.74) is 0. The van der Waals surface area contributed by atoms with Crippen molar-refractivity contribution in [2.24, 2.45) is 0 Å². The second kappa shape index (κ2) is 56.9. The third kappa shape index (κ3) is 53.5. The van der Waals surface area contributed by atoms with Gasteiger partial charge in [-0.25, -0.2) is 0 Å². The van der Waals surface area contributed by atoms with Crippen LogP contribution in [0.25, 0.3) is 0 Å². The van der Waals surface area contributed by atoms with Crippen molar-refractivity contribution in [1.82, 2.24) is 5.32 Å². The summed E-state index contributed by atoms with van der Waals surface area (Å²) >= 11 is 0. The molecule has 0 aromatic heterocycles. The molecule has 0 saturated heterocycles. The Morgan fingerprint density at radius 2 is 0.701 bits per heavy atom. The number of carbonyl (C=O) groups excluding carboxylic acids is 2. The molecule has 0 aliphatic heterocycles. The number of aliphatic hydroxyl groups is 2. The fraction of sp³-hybridized carbons (Fsp3) is 0.902. The van der Waals surface area contributed by atoms with Gasteiger partial charge < -0.3 is 20.3 Å². The number of amides is 1. The highest BCUT2D eigenvalue weighted by Gasteiger charge is 2.20. The summed E-state index contributed by atoms with van der Waals surface area (Å²) in [6.45, 7) is 4.95. The van der Waals surface area contributed by atoms with Gasteiger partial charge in [-0.05, 0) is 77.0 Å². The Morgan fingerprint density at radius 1 is 0.403 bits per heavy atom. The van der Waals surface area contributed by atoms with Crippen molar-refractivity contribution < 1.29 is 24.5 Å². The molecule has 0 bridgehead atoms. The zero-order valence-electron chi connectivity index (χ0n) is 45.1. The molecule has 0 aromatic carbocycles. The third-order valence-electron chi connectivity index (χ3n) is 14.0. The van der Waals surface area contributed by atoms with Gasteiger partial charge in [0.15, 0.2) is 0 Å². The Hall–Kier alpha value is -1.66. The Morgan fingerprint density at radius 3 is 1.06 bits per heavy atom. The molecule has 0 rings (SSSR count). The quantitative estimate of drug-likeness (QED) is 0.0321. The first-order valence-electron chi connectivity index (χ1n) is 30.1. The van der Waals surface area contributed by atoms with E-state index in [1.807, 2.05) is 0 Å². The van der Waals surface area contributed by atoms with E-state index >= 15 is 0 Å². The lowest BCUT2D eigenvalue weighted by Crippen LogP contribution is -2.45. The average Bonchev–Trinajstić information content (AvgIpc) is 3.33. The van der Waals surface area contributed by atoms with Crippen LogP contribution in [0.2, 0.25) is 0 Å². The smallest absolute Gasteiger partial charge is 0.305 e. The van der Waals surface area contributed by atoms with E-state index in [1.54, 1.807) is 0 Å². The number of esters is 1. The lowest BCUT2D eigenvalue weighted by molar-refractivity contribution is -0.143. The topological polar surface area (TPSA) is 95.9 Å². The molecule has 0 radical (unpaired) electrons. The molecule has 3 N–H and O–H groups in total. The predicted octanol–water partition coefficient (Wildman–Crippen LogP) is 18.6. The SMILES string of the molecule is CCCCCCC/C=C\CCCCCCCC(=O)OCCCCCCCCCCCCCC/C=C\CCCCCCCCCC(=O)NC(CO)C(O)CCCCCCCCCCCCCCC. The Bertz CT molecular complexity index is 1040. The summed E-state index contributed by atoms with van der Waals surface area (Å²) in [4.78, 5) is 24.5. The van der Waals surface area contributed by atoms with Gasteiger partial charge >= 0.3 is 5.97 Å². The van der Waals surface area contributed by atoms with E-state index in [0.29, 0.717) is 25.9 Å². The summed E-state index contributed by atoms with van der Waals surface area (Å²) in [6.07, 6.45) is 68.9. The van der Waals surface area contributed by atoms with Gasteiger partial charge in [0.25, 0.3) is 0 Å². The number of carbonyl (C=O) groups is 2. The minimum absolute atomic E-state index is 0.00312. The van der Waals surface area contributed by atoms with Gasteiger partial charge in [-0.2, -0.15) is 0 Å². The lowest BCUT2D eigenvalue weighted by atomic mass is 10.0. The largest absolute Gasteiger partial charge is 0.466 e. The predicted molar refractivity (Wildman–Crippen MR) is 292 cm³/mol. The second-order valence-corrected chi connectivity index (χ2v) is 20.7. The minimum atomic E-state index is -0.667. The minimum Gasteiger partial charge on any atom is -0.466 e. The van der Waals surface area contributed by atoms with Crippen LogP contribution in [-0.4, -0.2) is 47.4 Å². The zero-order chi connectivity index (χ0) is 48.6. The molecule has 0 aliphatic rings. The van der Waals surface area contributed by atoms with Crippen LogP contribution >= 0.6 is 0 Å². The van der Waals surface area contributed by atoms with E-state index in [0.717, 1.165) is 44.9 Å². The fourth-order valence-corrected chi connectivity index (χ4v) is 9.34. The average molecular weight is 945 g/mol. The number of aliphatic hydroxyl groups excluding tert-OH is 2. The summed E-state index contributed by atoms with van der Waals surface area (Å²) in [5, 5.41) is 23.2. The van der Waals surface area contributed by atoms with Crippen LogP contribution in [0, 0.1) is 0 Å². The molecule has 2 atom stereocenters. The first-order valence-corrected chi connectivity index (χ1v) is 30.1. The number of rotatable bonds is 56. The highest BCUT2D eigenvalue weighted by molar-refractivity contribution is 5.76. The van der Waals surface area contributed by atoms with Crippen molar-refractivity contribution in [3.63, 3.8) is 0 Å². The summed E-state index contributed by atoms with van der Waals surface area (Å²) in [7, 11) is 0. The molecule has 6 heteroatoms. The molecule has 0 heterocycles. The maximum Gasteiger partial charge on any atom is 0.305 e. The monoisotopic (exact) mass is 944 g/mol. The first kappa shape index (κ1) is 65.3. The lowest BCUT2D eigenvalue weighted by Gasteiger charge is -2.22. The van der Waals surface area contributed by atoms with Crippen LogP contribution in [-0.2, 0) is 14.3 Å². The van der Waals surface area contributed by atoms with Crippen molar-refractivity contribution >= 4 is 11.9 Å². The number of unbranched alkanes of at least 4 members (excludes halogenated alkanes) is 41. The third-order valence-corrected chi connectivity index (χ3v) is 14.0. The van der Waals surface area contributed by atoms with Crippen LogP contribution in [0.15, 0.2) is 24.3 Å². The number of hydrogen-bond donors (Lipinski definition) is 3. The highest BCUT2D eigenvalue weighted by atomic mass is 16.5. The van der Waals surface area contributed by atoms with E-state index in [2.05, 4.69) is 43.5 Å². The van der Waals surface area contributed by atoms with Crippen molar-refractivity contribution in [1.29, 1.82) is 0 Å². The standard InChI is InChI=1S/C61H117NO5/c1-3-5-7-9-11-13-15-17-31-35-39-43-47-51-55-61(66)67-56-52-48-44-40-36-32-28-26-24-22-20-18-19-21-23-25-27-30-34-38-42-46-50-54-60(65)62-58(57-63)59(64)53-49-45-41-37-33-29-16-14-12-10-8-6-4-2/h15,17,21,23,58-59,63-64H,3-14,16,18-20,22,24-57H2,1-2H3,(H,62,65)/b17-15-,23-21-. The van der Waals surface area contributed by atoms with Crippen molar-refractivity contribution in [2.45, 2.75) is 341 Å². The molecule has 67 heavy (non-hydrogen) atoms. The molecule has 6 nitrogen and oxygen atoms in total. The van der Waals surface area contributed by atoms with Crippen molar-refractivity contribution in [3.8, 4) is 0 Å². The highest BCUT2D eigenvalue weighted by Crippen LogP contribution is 2.17. The van der Waals surface area contributed by atoms with Gasteiger partial charge in [-0.3, -0.25) is 9.59 Å². The van der Waals surface area contributed by atoms with Crippen LogP contribution in [0.5, 0.6) is 0 Å². The normalized spacial score (nSPS) is 12.7. The fourth-order valence-electron chi connectivity index (χ4n) is 9.34. The van der Waals surface area contributed by atoms with E-state index < -0.39 is 12.1 Å². The summed E-state index contributed by atoms with van der Waals surface area (Å²) in [6, 6.07) is -0.545. The van der Waals surface area contributed by atoms with Crippen molar-refractivity contribution in [3.05, 3.63) is 24.3 Å². The Labute approximate surface area is 418 Å². The molecule has 0 spiro atoms. The van der Waals surface area contributed by atoms with Crippen LogP contribution in [0.4, 0.5) is 0 Å². The van der Waals surface area contributed by atoms with Gasteiger partial charge in [-0.1, -0.05) is 263 Å². The number of hydrogen-bond acceptors (Lipinski definition) is 5. The van der Waals surface area contributed by atoms with E-state index in [4.69, 9.17) is 4.74 Å². The van der Waals surface area contributed by atoms with Gasteiger partial charge in [0, 0.05) is 12.8 Å². The first-order chi connectivity index (χ1) is 33.0. The summed E-state index contributed by atoms with van der Waals surface area (Å²) < 4.78 is 5.47. The van der Waals surface area contributed by atoms with Gasteiger partial charge in [0.2, 0.25) is 5.91 Å². The van der Waals surface area contributed by atoms with Crippen LogP contribution in [0.3, 0.4) is 0 Å². The van der Waals surface area contributed by atoms with E-state index in [1.165, 1.54) is 250 Å². The van der Waals surface area contributed by atoms with Crippen LogP contribution < -0.4 is 5.32 Å². The van der Waals surface area contributed by atoms with Crippen molar-refractivity contribution in [2.75, 3.05) is 13.2 Å². The molecular formula is C61H117NO5. The molecule has 0 aromatic rings. The van der Waals surface area contributed by atoms with Gasteiger partial charge in [0.1, 0.15) is 0 Å². The second-order valence-electron chi connectivity index (χ2n) is 20.7. The maximum absolute atomic E-state index is 12.5. The Kier molecular flexibility index (Phi) is 55.5. The summed E-state index contributed by atoms with van der Waals surface area (Å²) in [5.74, 6) is -0.0375. The molecule has 0 aliphatic carbocycles. The van der Waals surface area contributed by atoms with E-state index in [9.17, 15) is 19.8 Å². The number of ether oxygens (including phenoxy) is 1. The molecule has 1 amide bonds. The molecule has 0 fully saturated rings. The zero-order valence-corrected chi connectivity index (χ0v) is 45.1. The van der Waals surface area contributed by atoms with Gasteiger partial charge in [-0.15, -0.1) is 0 Å². The van der Waals surface area contributed by atoms with E-state index in [-0.39, 0.29) is 18.5 Å². The Balaban J connectivity index is 3.40. The number of allylic oxidation sites excluding steroid dienone is 4.